The number of carbonyl (C=O) groups excluding carboxylic acids is 2. The molecule has 0 aromatic heterocycles. The number of esters is 1. The summed E-state index contributed by atoms with van der Waals surface area (Å²) in [5.41, 5.74) is 6.03. The third kappa shape index (κ3) is 4.21. The summed E-state index contributed by atoms with van der Waals surface area (Å²) in [5.74, 6) is -1.34. The highest BCUT2D eigenvalue weighted by Gasteiger charge is 2.23. The van der Waals surface area contributed by atoms with Gasteiger partial charge in [0, 0.05) is 8.04 Å². The Bertz CT molecular complexity index is 468. The Labute approximate surface area is 127 Å². The van der Waals surface area contributed by atoms with E-state index in [4.69, 9.17) is 5.73 Å². The first kappa shape index (κ1) is 15.4. The van der Waals surface area contributed by atoms with Gasteiger partial charge in [0.15, 0.2) is 6.04 Å². The van der Waals surface area contributed by atoms with Crippen molar-refractivity contribution >= 4 is 56.1 Å². The second-order valence-electron chi connectivity index (χ2n) is 3.34. The minimum atomic E-state index is -1.32. The lowest BCUT2D eigenvalue weighted by Crippen LogP contribution is -2.43. The van der Waals surface area contributed by atoms with Gasteiger partial charge >= 0.3 is 5.97 Å². The summed E-state index contributed by atoms with van der Waals surface area (Å²) >= 11 is 5.47. The van der Waals surface area contributed by atoms with E-state index in [0.717, 1.165) is 8.04 Å². The van der Waals surface area contributed by atoms with Gasteiger partial charge < -0.3 is 15.8 Å². The maximum Gasteiger partial charge on any atom is 0.332 e. The number of ether oxygens (including phenoxy) is 1. The van der Waals surface area contributed by atoms with Gasteiger partial charge in [0.2, 0.25) is 0 Å². The zero-order valence-electron chi connectivity index (χ0n) is 9.57. The molecule has 98 valence electrons. The highest BCUT2D eigenvalue weighted by Crippen LogP contribution is 2.24. The molecule has 0 fully saturated rings. The molecule has 0 heterocycles. The van der Waals surface area contributed by atoms with E-state index < -0.39 is 17.9 Å². The summed E-state index contributed by atoms with van der Waals surface area (Å²) in [6.45, 7) is 1.84. The lowest BCUT2D eigenvalue weighted by molar-refractivity contribution is -0.146. The molecule has 0 aliphatic rings. The average Bonchev–Trinajstić information content (AvgIpc) is 2.32. The van der Waals surface area contributed by atoms with Crippen LogP contribution in [-0.4, -0.2) is 24.5 Å². The number of nitrogens with two attached hydrogens (primary N) is 1. The molecule has 0 aliphatic carbocycles. The third-order valence-electron chi connectivity index (χ3n) is 2.01. The lowest BCUT2D eigenvalue weighted by Gasteiger charge is -2.12. The second-order valence-corrected chi connectivity index (χ2v) is 5.44. The highest BCUT2D eigenvalue weighted by molar-refractivity contribution is 14.1. The van der Waals surface area contributed by atoms with Gasteiger partial charge in [-0.1, -0.05) is 0 Å². The van der Waals surface area contributed by atoms with Crippen molar-refractivity contribution in [2.45, 2.75) is 13.0 Å². The maximum atomic E-state index is 11.7. The molecule has 3 N–H and O–H groups in total. The van der Waals surface area contributed by atoms with Crippen molar-refractivity contribution in [2.24, 2.45) is 5.73 Å². The van der Waals surface area contributed by atoms with Gasteiger partial charge in [-0.15, -0.1) is 0 Å². The van der Waals surface area contributed by atoms with Gasteiger partial charge in [0.05, 0.1) is 12.3 Å². The minimum absolute atomic E-state index is 0.188. The van der Waals surface area contributed by atoms with E-state index in [-0.39, 0.29) is 6.61 Å². The Balaban J connectivity index is 2.72. The number of benzene rings is 1. The van der Waals surface area contributed by atoms with Gasteiger partial charge in [-0.3, -0.25) is 4.79 Å². The fourth-order valence-corrected chi connectivity index (χ4v) is 2.54. The van der Waals surface area contributed by atoms with E-state index >= 15 is 0 Å². The molecule has 0 spiro atoms. The number of halogens is 2. The van der Waals surface area contributed by atoms with E-state index in [2.05, 4.69) is 48.6 Å². The van der Waals surface area contributed by atoms with Crippen LogP contribution in [0.25, 0.3) is 0 Å². The van der Waals surface area contributed by atoms with E-state index in [9.17, 15) is 9.59 Å². The fourth-order valence-electron chi connectivity index (χ4n) is 1.14. The number of amides is 1. The molecule has 1 unspecified atom stereocenters. The van der Waals surface area contributed by atoms with Gasteiger partial charge in [0.25, 0.3) is 5.91 Å². The molecule has 0 radical (unpaired) electrons. The summed E-state index contributed by atoms with van der Waals surface area (Å²) in [4.78, 5) is 23.0. The number of nitrogens with one attached hydrogen (secondary N) is 1. The standard InChI is InChI=1S/C11H12BrIN2O3/c1-2-18-11(17)9(14)10(16)15-8-4-3-6(13)5-7(8)12/h3-5,9H,2,14H2,1H3,(H,15,16). The quantitative estimate of drug-likeness (QED) is 0.437. The molecule has 0 aliphatic heterocycles. The first-order valence-electron chi connectivity index (χ1n) is 5.13. The molecule has 18 heavy (non-hydrogen) atoms. The summed E-state index contributed by atoms with van der Waals surface area (Å²) in [6.07, 6.45) is 0. The zero-order chi connectivity index (χ0) is 13.7. The van der Waals surface area contributed by atoms with Gasteiger partial charge in [-0.2, -0.15) is 0 Å². The average molecular weight is 427 g/mol. The van der Waals surface area contributed by atoms with E-state index in [1.807, 2.05) is 12.1 Å². The van der Waals surface area contributed by atoms with E-state index in [0.29, 0.717) is 5.69 Å². The van der Waals surface area contributed by atoms with Gasteiger partial charge in [-0.25, -0.2) is 4.79 Å². The molecule has 0 saturated heterocycles. The first-order chi connectivity index (χ1) is 8.45. The molecule has 1 amide bonds. The summed E-state index contributed by atoms with van der Waals surface area (Å²) in [7, 11) is 0. The van der Waals surface area contributed by atoms with E-state index in [1.54, 1.807) is 13.0 Å². The molecule has 0 saturated carbocycles. The smallest absolute Gasteiger partial charge is 0.332 e. The van der Waals surface area contributed by atoms with Crippen LogP contribution < -0.4 is 11.1 Å². The number of carbonyl (C=O) groups is 2. The summed E-state index contributed by atoms with van der Waals surface area (Å²) in [5, 5.41) is 2.56. The van der Waals surface area contributed by atoms with Crippen molar-refractivity contribution in [3.8, 4) is 0 Å². The maximum absolute atomic E-state index is 11.7. The molecular weight excluding hydrogens is 415 g/mol. The van der Waals surface area contributed by atoms with Crippen LogP contribution in [0.15, 0.2) is 22.7 Å². The predicted octanol–water partition coefficient (Wildman–Crippen LogP) is 1.88. The number of rotatable bonds is 4. The lowest BCUT2D eigenvalue weighted by atomic mass is 10.2. The van der Waals surface area contributed by atoms with Crippen molar-refractivity contribution in [1.82, 2.24) is 0 Å². The van der Waals surface area contributed by atoms with E-state index in [1.165, 1.54) is 0 Å². The van der Waals surface area contributed by atoms with Crippen molar-refractivity contribution < 1.29 is 14.3 Å². The monoisotopic (exact) mass is 426 g/mol. The molecular formula is C11H12BrIN2O3. The van der Waals surface area contributed by atoms with Crippen LogP contribution in [0.1, 0.15) is 6.92 Å². The Hall–Kier alpha value is -0.670. The topological polar surface area (TPSA) is 81.4 Å². The largest absolute Gasteiger partial charge is 0.464 e. The first-order valence-corrected chi connectivity index (χ1v) is 7.01. The predicted molar refractivity (Wildman–Crippen MR) is 80.1 cm³/mol. The number of hydrogen-bond donors (Lipinski definition) is 2. The van der Waals surface area contributed by atoms with Crippen molar-refractivity contribution in [3.63, 3.8) is 0 Å². The van der Waals surface area contributed by atoms with Crippen LogP contribution in [0.5, 0.6) is 0 Å². The molecule has 1 aromatic carbocycles. The molecule has 1 atom stereocenters. The molecule has 1 rings (SSSR count). The van der Waals surface area contributed by atoms with Crippen LogP contribution in [-0.2, 0) is 14.3 Å². The molecule has 1 aromatic rings. The Morgan fingerprint density at radius 1 is 1.56 bits per heavy atom. The van der Waals surface area contributed by atoms with Crippen molar-refractivity contribution in [2.75, 3.05) is 11.9 Å². The van der Waals surface area contributed by atoms with Crippen LogP contribution in [0.3, 0.4) is 0 Å². The minimum Gasteiger partial charge on any atom is -0.464 e. The van der Waals surface area contributed by atoms with Crippen molar-refractivity contribution in [1.29, 1.82) is 0 Å². The van der Waals surface area contributed by atoms with Gasteiger partial charge in [-0.05, 0) is 63.6 Å². The third-order valence-corrected chi connectivity index (χ3v) is 3.34. The zero-order valence-corrected chi connectivity index (χ0v) is 13.3. The second kappa shape index (κ2) is 7.05. The fraction of sp³-hybridized carbons (Fsp3) is 0.273. The summed E-state index contributed by atoms with van der Waals surface area (Å²) in [6, 6.07) is 4.07. The Morgan fingerprint density at radius 2 is 2.22 bits per heavy atom. The van der Waals surface area contributed by atoms with Crippen molar-refractivity contribution in [3.05, 3.63) is 26.2 Å². The van der Waals surface area contributed by atoms with Crippen LogP contribution in [0, 0.1) is 3.57 Å². The van der Waals surface area contributed by atoms with Crippen LogP contribution in [0.2, 0.25) is 0 Å². The Morgan fingerprint density at radius 3 is 2.78 bits per heavy atom. The molecule has 7 heteroatoms. The van der Waals surface area contributed by atoms with Gasteiger partial charge in [0.1, 0.15) is 0 Å². The number of anilines is 1. The van der Waals surface area contributed by atoms with Crippen LogP contribution >= 0.6 is 38.5 Å². The SMILES string of the molecule is CCOC(=O)C(N)C(=O)Nc1ccc(I)cc1Br. The highest BCUT2D eigenvalue weighted by atomic mass is 127. The molecule has 0 bridgehead atoms. The normalized spacial score (nSPS) is 11.8. The summed E-state index contributed by atoms with van der Waals surface area (Å²) < 4.78 is 6.42. The van der Waals surface area contributed by atoms with Crippen LogP contribution in [0.4, 0.5) is 5.69 Å². The number of hydrogen-bond acceptors (Lipinski definition) is 4. The molecule has 5 nitrogen and oxygen atoms in total. The Kier molecular flexibility index (Phi) is 6.03.